The Morgan fingerprint density at radius 1 is 1.09 bits per heavy atom. The van der Waals surface area contributed by atoms with E-state index in [1.807, 2.05) is 19.2 Å². The van der Waals surface area contributed by atoms with Gasteiger partial charge in [-0.25, -0.2) is 0 Å². The van der Waals surface area contributed by atoms with Gasteiger partial charge in [-0.15, -0.1) is 5.10 Å². The zero-order valence-electron chi connectivity index (χ0n) is 19.5. The third-order valence-corrected chi connectivity index (χ3v) is 5.71. The molecule has 0 radical (unpaired) electrons. The van der Waals surface area contributed by atoms with Gasteiger partial charge in [-0.05, 0) is 81.1 Å². The maximum absolute atomic E-state index is 12.5. The van der Waals surface area contributed by atoms with Crippen LogP contribution >= 0.6 is 0 Å². The number of nitrogens with zero attached hydrogens (tertiary/aromatic N) is 3. The molecule has 2 aliphatic heterocycles. The average Bonchev–Trinajstić information content (AvgIpc) is 3.50. The molecule has 8 nitrogen and oxygen atoms in total. The van der Waals surface area contributed by atoms with Crippen LogP contribution in [0.5, 0.6) is 11.5 Å². The lowest BCUT2D eigenvalue weighted by atomic mass is 10.1. The highest BCUT2D eigenvalue weighted by molar-refractivity contribution is 5.94. The molecule has 1 saturated heterocycles. The molecule has 2 heterocycles. The van der Waals surface area contributed by atoms with Gasteiger partial charge in [0.2, 0.25) is 0 Å². The first-order valence-corrected chi connectivity index (χ1v) is 11.3. The number of anilines is 1. The van der Waals surface area contributed by atoms with Crippen LogP contribution in [0.3, 0.4) is 0 Å². The van der Waals surface area contributed by atoms with E-state index in [2.05, 4.69) is 26.9 Å². The molecule has 0 atom stereocenters. The lowest BCUT2D eigenvalue weighted by Crippen LogP contribution is -2.25. The summed E-state index contributed by atoms with van der Waals surface area (Å²) < 4.78 is 11.6. The maximum Gasteiger partial charge on any atom is 0.262 e. The number of hydrogen-bond acceptors (Lipinski definition) is 7. The van der Waals surface area contributed by atoms with Gasteiger partial charge in [0, 0.05) is 24.8 Å². The van der Waals surface area contributed by atoms with E-state index in [1.54, 1.807) is 35.3 Å². The fourth-order valence-corrected chi connectivity index (χ4v) is 3.87. The Bertz CT molecular complexity index is 1160. The fraction of sp³-hybridized carbons (Fsp3) is 0.346. The van der Waals surface area contributed by atoms with Crippen molar-refractivity contribution in [3.05, 3.63) is 59.3 Å². The monoisotopic (exact) mass is 460 g/mol. The number of hydrazone groups is 1. The summed E-state index contributed by atoms with van der Waals surface area (Å²) in [6.07, 6.45) is 2.49. The molecule has 176 valence electrons. The van der Waals surface area contributed by atoms with Crippen molar-refractivity contribution in [1.82, 2.24) is 9.91 Å². The van der Waals surface area contributed by atoms with E-state index in [0.717, 1.165) is 25.2 Å². The molecule has 2 aromatic carbocycles. The quantitative estimate of drug-likeness (QED) is 0.432. The molecule has 2 aromatic rings. The number of ether oxygens (including phenoxy) is 2. The molecular weight excluding hydrogens is 432 g/mol. The van der Waals surface area contributed by atoms with E-state index in [-0.39, 0.29) is 18.3 Å². The highest BCUT2D eigenvalue weighted by atomic mass is 16.5. The van der Waals surface area contributed by atoms with Gasteiger partial charge in [0.25, 0.3) is 5.91 Å². The van der Waals surface area contributed by atoms with Gasteiger partial charge in [-0.2, -0.15) is 0 Å². The van der Waals surface area contributed by atoms with Crippen molar-refractivity contribution in [2.45, 2.75) is 19.8 Å². The van der Waals surface area contributed by atoms with Crippen molar-refractivity contribution in [3.63, 3.8) is 0 Å². The second-order valence-electron chi connectivity index (χ2n) is 8.23. The Balaban J connectivity index is 1.40. The Labute approximate surface area is 199 Å². The van der Waals surface area contributed by atoms with Crippen molar-refractivity contribution in [3.8, 4) is 11.5 Å². The summed E-state index contributed by atoms with van der Waals surface area (Å²) in [4.78, 5) is 26.2. The molecule has 0 aromatic heterocycles. The van der Waals surface area contributed by atoms with Crippen LogP contribution < -0.4 is 14.8 Å². The summed E-state index contributed by atoms with van der Waals surface area (Å²) in [6.45, 7) is 5.04. The second kappa shape index (κ2) is 10.9. The molecule has 4 rings (SSSR count). The molecule has 0 aliphatic carbocycles. The zero-order valence-corrected chi connectivity index (χ0v) is 19.5. The van der Waals surface area contributed by atoms with Crippen molar-refractivity contribution in [2.75, 3.05) is 45.2 Å². The van der Waals surface area contributed by atoms with Crippen LogP contribution in [0.25, 0.3) is 5.70 Å². The minimum Gasteiger partial charge on any atom is -0.492 e. The average molecular weight is 461 g/mol. The van der Waals surface area contributed by atoms with Crippen LogP contribution in [-0.2, 0) is 4.79 Å². The predicted octanol–water partition coefficient (Wildman–Crippen LogP) is 3.41. The summed E-state index contributed by atoms with van der Waals surface area (Å²) in [5.41, 5.74) is 5.70. The Kier molecular flexibility index (Phi) is 7.45. The molecule has 0 spiro atoms. The molecule has 0 unspecified atom stereocenters. The molecule has 8 heteroatoms. The normalized spacial score (nSPS) is 14.9. The first-order chi connectivity index (χ1) is 16.5. The van der Waals surface area contributed by atoms with Gasteiger partial charge in [0.1, 0.15) is 23.8 Å². The van der Waals surface area contributed by atoms with Crippen LogP contribution in [-0.4, -0.2) is 67.4 Å². The number of likely N-dealkylation sites (tertiary alicyclic amines) is 1. The molecule has 2 aliphatic rings. The second-order valence-corrected chi connectivity index (χ2v) is 8.23. The number of hydrogen-bond donors (Lipinski definition) is 1. The van der Waals surface area contributed by atoms with Crippen molar-refractivity contribution in [2.24, 2.45) is 5.10 Å². The van der Waals surface area contributed by atoms with Gasteiger partial charge in [0.05, 0.1) is 11.4 Å². The molecule has 1 fully saturated rings. The van der Waals surface area contributed by atoms with Gasteiger partial charge >= 0.3 is 0 Å². The van der Waals surface area contributed by atoms with Crippen LogP contribution in [0.2, 0.25) is 0 Å². The smallest absolute Gasteiger partial charge is 0.262 e. The Hall–Kier alpha value is -3.83. The number of benzene rings is 2. The van der Waals surface area contributed by atoms with Crippen molar-refractivity contribution < 1.29 is 19.1 Å². The van der Waals surface area contributed by atoms with E-state index < -0.39 is 0 Å². The van der Waals surface area contributed by atoms with E-state index in [1.165, 1.54) is 19.8 Å². The third-order valence-electron chi connectivity index (χ3n) is 5.71. The highest BCUT2D eigenvalue weighted by Crippen LogP contribution is 2.31. The van der Waals surface area contributed by atoms with E-state index in [9.17, 15) is 9.59 Å². The number of nitrogens with one attached hydrogen (secondary N) is 1. The summed E-state index contributed by atoms with van der Waals surface area (Å²) in [7, 11) is 1.81. The first kappa shape index (κ1) is 23.3. The number of rotatable bonds is 10. The largest absolute Gasteiger partial charge is 0.492 e. The number of amides is 1. The zero-order chi connectivity index (χ0) is 23.9. The number of Topliss-reactive ketones (excluding diaryl/α,β-unsaturated/α-hetero) is 1. The topological polar surface area (TPSA) is 83.5 Å². The molecule has 1 amide bonds. The summed E-state index contributed by atoms with van der Waals surface area (Å²) >= 11 is 0. The minimum atomic E-state index is -0.301. The van der Waals surface area contributed by atoms with Gasteiger partial charge in [-0.3, -0.25) is 19.5 Å². The van der Waals surface area contributed by atoms with E-state index >= 15 is 0 Å². The molecule has 0 bridgehead atoms. The SMILES string of the molecule is CC(=O)c1ccc(OCC(=O)Nc2ccc(OCCN3CCCC3)c(C3=C=C=NN3C)c2)cc1. The van der Waals surface area contributed by atoms with Gasteiger partial charge in [-0.1, -0.05) is 0 Å². The summed E-state index contributed by atoms with van der Waals surface area (Å²) in [5, 5.41) is 8.62. The number of ketones is 1. The summed E-state index contributed by atoms with van der Waals surface area (Å²) in [5.74, 6) is 3.62. The summed E-state index contributed by atoms with van der Waals surface area (Å²) in [6, 6.07) is 12.2. The predicted molar refractivity (Wildman–Crippen MR) is 130 cm³/mol. The number of carbonyl (C=O) groups excluding carboxylic acids is 2. The minimum absolute atomic E-state index is 0.0214. The van der Waals surface area contributed by atoms with Crippen LogP contribution in [0.4, 0.5) is 5.69 Å². The van der Waals surface area contributed by atoms with Crippen LogP contribution in [0, 0.1) is 0 Å². The molecular formula is C26H28N4O4. The van der Waals surface area contributed by atoms with Crippen LogP contribution in [0.1, 0.15) is 35.7 Å². The fourth-order valence-electron chi connectivity index (χ4n) is 3.87. The van der Waals surface area contributed by atoms with Gasteiger partial charge < -0.3 is 14.8 Å². The lowest BCUT2D eigenvalue weighted by Gasteiger charge is -2.19. The first-order valence-electron chi connectivity index (χ1n) is 11.3. The van der Waals surface area contributed by atoms with Crippen molar-refractivity contribution in [1.29, 1.82) is 0 Å². The standard InChI is InChI=1S/C26H28N4O4/c1-19(31)20-5-8-22(9-6-20)34-18-26(32)28-21-7-10-25(33-16-15-30-13-3-4-14-30)23(17-21)24-11-12-27-29(24)2/h5-10,17H,3-4,13-16,18H2,1-2H3,(H,28,32). The third kappa shape index (κ3) is 5.94. The van der Waals surface area contributed by atoms with Crippen molar-refractivity contribution >= 4 is 28.9 Å². The van der Waals surface area contributed by atoms with Gasteiger partial charge in [0.15, 0.2) is 12.4 Å². The Morgan fingerprint density at radius 2 is 1.85 bits per heavy atom. The highest BCUT2D eigenvalue weighted by Gasteiger charge is 2.18. The maximum atomic E-state index is 12.5. The number of carbonyl (C=O) groups is 2. The molecule has 1 N–H and O–H groups in total. The van der Waals surface area contributed by atoms with E-state index in [0.29, 0.717) is 35.1 Å². The van der Waals surface area contributed by atoms with E-state index in [4.69, 9.17) is 9.47 Å². The Morgan fingerprint density at radius 3 is 2.53 bits per heavy atom. The molecule has 34 heavy (non-hydrogen) atoms. The molecule has 0 saturated carbocycles. The van der Waals surface area contributed by atoms with Crippen LogP contribution in [0.15, 0.2) is 53.3 Å². The lowest BCUT2D eigenvalue weighted by molar-refractivity contribution is -0.118.